The zero-order chi connectivity index (χ0) is 12.5. The topological polar surface area (TPSA) is 26.3 Å². The Balaban J connectivity index is 1.94. The van der Waals surface area contributed by atoms with E-state index in [0.717, 1.165) is 51.6 Å². The van der Waals surface area contributed by atoms with Crippen LogP contribution in [0.1, 0.15) is 58.3 Å². The Morgan fingerprint density at radius 1 is 1.35 bits per heavy atom. The van der Waals surface area contributed by atoms with Gasteiger partial charge in [0.25, 0.3) is 0 Å². The molecule has 0 aromatic carbocycles. The molecule has 2 heteroatoms. The molecule has 0 aliphatic heterocycles. The van der Waals surface area contributed by atoms with Crippen molar-refractivity contribution in [2.75, 3.05) is 6.61 Å². The number of Topliss-reactive ketones (excluding diaryl/α,β-unsaturated/α-hetero) is 1. The van der Waals surface area contributed by atoms with E-state index in [4.69, 9.17) is 4.74 Å². The van der Waals surface area contributed by atoms with E-state index in [9.17, 15) is 4.79 Å². The minimum Gasteiger partial charge on any atom is -0.378 e. The molecule has 1 aliphatic rings. The van der Waals surface area contributed by atoms with Gasteiger partial charge in [0.2, 0.25) is 0 Å². The highest BCUT2D eigenvalue weighted by molar-refractivity contribution is 5.78. The van der Waals surface area contributed by atoms with E-state index in [1.807, 2.05) is 13.0 Å². The summed E-state index contributed by atoms with van der Waals surface area (Å²) in [6.07, 6.45) is 10.6. The number of hydrogen-bond donors (Lipinski definition) is 0. The molecule has 0 spiro atoms. The first-order chi connectivity index (χ1) is 8.26. The van der Waals surface area contributed by atoms with E-state index < -0.39 is 0 Å². The van der Waals surface area contributed by atoms with Gasteiger partial charge in [-0.05, 0) is 44.9 Å². The molecule has 0 aromatic rings. The van der Waals surface area contributed by atoms with Gasteiger partial charge in [-0.2, -0.15) is 0 Å². The second-order valence-electron chi connectivity index (χ2n) is 5.05. The van der Waals surface area contributed by atoms with Gasteiger partial charge in [0, 0.05) is 19.4 Å². The van der Waals surface area contributed by atoms with Gasteiger partial charge >= 0.3 is 0 Å². The molecule has 1 aliphatic carbocycles. The molecule has 17 heavy (non-hydrogen) atoms. The lowest BCUT2D eigenvalue weighted by Crippen LogP contribution is -2.32. The van der Waals surface area contributed by atoms with Crippen molar-refractivity contribution in [2.45, 2.75) is 64.4 Å². The lowest BCUT2D eigenvalue weighted by atomic mass is 9.78. The van der Waals surface area contributed by atoms with Gasteiger partial charge < -0.3 is 4.74 Å². The van der Waals surface area contributed by atoms with Crippen molar-refractivity contribution in [2.24, 2.45) is 5.92 Å². The molecule has 2 nitrogen and oxygen atoms in total. The van der Waals surface area contributed by atoms with E-state index in [0.29, 0.717) is 17.8 Å². The Labute approximate surface area is 105 Å². The maximum atomic E-state index is 11.7. The first kappa shape index (κ1) is 14.4. The van der Waals surface area contributed by atoms with Crippen LogP contribution in [0, 0.1) is 5.92 Å². The van der Waals surface area contributed by atoms with Gasteiger partial charge in [0.05, 0.1) is 6.10 Å². The minimum absolute atomic E-state index is 0.436. The number of unbranched alkanes of at least 4 members (excludes halogenated alkanes) is 3. The Morgan fingerprint density at radius 3 is 2.76 bits per heavy atom. The van der Waals surface area contributed by atoms with E-state index in [1.165, 1.54) is 6.42 Å². The second kappa shape index (κ2) is 8.46. The van der Waals surface area contributed by atoms with E-state index in [-0.39, 0.29) is 0 Å². The van der Waals surface area contributed by atoms with Crippen molar-refractivity contribution in [1.82, 2.24) is 0 Å². The van der Waals surface area contributed by atoms with Crippen LogP contribution in [0.4, 0.5) is 0 Å². The number of rotatable bonds is 10. The molecule has 0 heterocycles. The van der Waals surface area contributed by atoms with Crippen molar-refractivity contribution in [1.29, 1.82) is 0 Å². The summed E-state index contributed by atoms with van der Waals surface area (Å²) >= 11 is 0. The third-order valence-corrected chi connectivity index (χ3v) is 3.48. The summed E-state index contributed by atoms with van der Waals surface area (Å²) in [5, 5.41) is 0. The van der Waals surface area contributed by atoms with E-state index >= 15 is 0 Å². The number of carbonyl (C=O) groups is 1. The zero-order valence-electron chi connectivity index (χ0n) is 11.1. The maximum absolute atomic E-state index is 11.7. The van der Waals surface area contributed by atoms with Gasteiger partial charge in [-0.15, -0.1) is 6.58 Å². The fourth-order valence-electron chi connectivity index (χ4n) is 2.42. The molecule has 0 radical (unpaired) electrons. The Morgan fingerprint density at radius 2 is 2.12 bits per heavy atom. The normalized spacial score (nSPS) is 23.1. The van der Waals surface area contributed by atoms with Crippen LogP contribution >= 0.6 is 0 Å². The van der Waals surface area contributed by atoms with Crippen molar-refractivity contribution in [3.8, 4) is 0 Å². The number of ether oxygens (including phenoxy) is 1. The molecule has 0 unspecified atom stereocenters. The average Bonchev–Trinajstić information content (AvgIpc) is 2.26. The number of ketones is 1. The minimum atomic E-state index is 0.436. The van der Waals surface area contributed by atoms with Gasteiger partial charge in [-0.1, -0.05) is 12.5 Å². The lowest BCUT2D eigenvalue weighted by molar-refractivity contribution is -0.122. The summed E-state index contributed by atoms with van der Waals surface area (Å²) in [5.74, 6) is 1.05. The van der Waals surface area contributed by atoms with Crippen molar-refractivity contribution in [3.05, 3.63) is 12.7 Å². The predicted molar refractivity (Wildman–Crippen MR) is 71.0 cm³/mol. The first-order valence-electron chi connectivity index (χ1n) is 7.00. The third-order valence-electron chi connectivity index (χ3n) is 3.48. The highest BCUT2D eigenvalue weighted by Gasteiger charge is 2.30. The highest BCUT2D eigenvalue weighted by atomic mass is 16.5. The lowest BCUT2D eigenvalue weighted by Gasteiger charge is -2.34. The molecule has 0 amide bonds. The quantitative estimate of drug-likeness (QED) is 0.426. The first-order valence-corrected chi connectivity index (χ1v) is 7.00. The summed E-state index contributed by atoms with van der Waals surface area (Å²) in [5.41, 5.74) is 0. The fraction of sp³-hybridized carbons (Fsp3) is 0.800. The van der Waals surface area contributed by atoms with Crippen molar-refractivity contribution in [3.63, 3.8) is 0 Å². The summed E-state index contributed by atoms with van der Waals surface area (Å²) in [4.78, 5) is 11.7. The summed E-state index contributed by atoms with van der Waals surface area (Å²) < 4.78 is 5.49. The van der Waals surface area contributed by atoms with Gasteiger partial charge in [0.15, 0.2) is 0 Å². The molecule has 0 saturated heterocycles. The van der Waals surface area contributed by atoms with Crippen molar-refractivity contribution >= 4 is 5.78 Å². The summed E-state index contributed by atoms with van der Waals surface area (Å²) in [7, 11) is 0. The molecule has 0 atom stereocenters. The van der Waals surface area contributed by atoms with Gasteiger partial charge in [0.1, 0.15) is 5.78 Å². The largest absolute Gasteiger partial charge is 0.378 e. The monoisotopic (exact) mass is 238 g/mol. The number of carbonyl (C=O) groups excluding carboxylic acids is 1. The SMILES string of the molecule is C=CCCCCCC(=O)CC1CC(OCC)C1. The standard InChI is InChI=1S/C15H26O2/c1-3-5-6-7-8-9-14(16)10-13-11-15(12-13)17-4-2/h3,13,15H,1,4-12H2,2H3. The summed E-state index contributed by atoms with van der Waals surface area (Å²) in [6, 6.07) is 0. The Bertz CT molecular complexity index is 229. The molecule has 0 aromatic heterocycles. The smallest absolute Gasteiger partial charge is 0.133 e. The molecule has 0 N–H and O–H groups in total. The maximum Gasteiger partial charge on any atom is 0.133 e. The Kier molecular flexibility index (Phi) is 7.18. The van der Waals surface area contributed by atoms with E-state index in [2.05, 4.69) is 6.58 Å². The van der Waals surface area contributed by atoms with Crippen LogP contribution < -0.4 is 0 Å². The molecule has 1 rings (SSSR count). The van der Waals surface area contributed by atoms with Crippen LogP contribution in [-0.4, -0.2) is 18.5 Å². The third kappa shape index (κ3) is 6.02. The molecule has 98 valence electrons. The highest BCUT2D eigenvalue weighted by Crippen LogP contribution is 2.33. The predicted octanol–water partition coefficient (Wildman–Crippen LogP) is 3.90. The average molecular weight is 238 g/mol. The van der Waals surface area contributed by atoms with Crippen LogP contribution in [0.15, 0.2) is 12.7 Å². The molecule has 1 saturated carbocycles. The van der Waals surface area contributed by atoms with Crippen LogP contribution in [0.2, 0.25) is 0 Å². The molecular weight excluding hydrogens is 212 g/mol. The van der Waals surface area contributed by atoms with Crippen molar-refractivity contribution < 1.29 is 9.53 Å². The van der Waals surface area contributed by atoms with E-state index in [1.54, 1.807) is 0 Å². The number of hydrogen-bond acceptors (Lipinski definition) is 2. The zero-order valence-corrected chi connectivity index (χ0v) is 11.1. The van der Waals surface area contributed by atoms with Gasteiger partial charge in [-0.25, -0.2) is 0 Å². The fourth-order valence-corrected chi connectivity index (χ4v) is 2.42. The van der Waals surface area contributed by atoms with Crippen LogP contribution in [0.3, 0.4) is 0 Å². The molecule has 1 fully saturated rings. The molecule has 0 bridgehead atoms. The summed E-state index contributed by atoms with van der Waals surface area (Å²) in [6.45, 7) is 6.52. The molecular formula is C15H26O2. The Hall–Kier alpha value is -0.630. The second-order valence-corrected chi connectivity index (χ2v) is 5.05. The number of allylic oxidation sites excluding steroid dienone is 1. The van der Waals surface area contributed by atoms with Gasteiger partial charge in [-0.3, -0.25) is 4.79 Å². The van der Waals surface area contributed by atoms with Crippen LogP contribution in [0.5, 0.6) is 0 Å². The van der Waals surface area contributed by atoms with Crippen LogP contribution in [0.25, 0.3) is 0 Å². The van der Waals surface area contributed by atoms with Crippen LogP contribution in [-0.2, 0) is 9.53 Å².